The van der Waals surface area contributed by atoms with E-state index in [1.165, 1.54) is 11.0 Å². The highest BCUT2D eigenvalue weighted by Crippen LogP contribution is 2.46. The van der Waals surface area contributed by atoms with Crippen molar-refractivity contribution in [2.24, 2.45) is 5.41 Å². The minimum Gasteiger partial charge on any atom is -0.456 e. The van der Waals surface area contributed by atoms with Gasteiger partial charge in [-0.2, -0.15) is 9.78 Å². The molecular formula is C21H26N8O3. The second kappa shape index (κ2) is 8.05. The van der Waals surface area contributed by atoms with E-state index >= 15 is 0 Å². The zero-order valence-corrected chi connectivity index (χ0v) is 18.3. The van der Waals surface area contributed by atoms with Crippen LogP contribution in [-0.4, -0.2) is 84.4 Å². The van der Waals surface area contributed by atoms with Crippen molar-refractivity contribution in [3.8, 4) is 5.82 Å². The number of nitrogens with zero attached hydrogens (tertiary/aromatic N) is 8. The topological polar surface area (TPSA) is 119 Å². The molecule has 1 unspecified atom stereocenters. The smallest absolute Gasteiger partial charge is 0.336 e. The predicted octanol–water partition coefficient (Wildman–Crippen LogP) is 0.529. The molecule has 2 fully saturated rings. The molecule has 0 N–H and O–H groups in total. The molecule has 0 aliphatic carbocycles. The van der Waals surface area contributed by atoms with Crippen LogP contribution in [0.25, 0.3) is 5.82 Å². The first-order valence-electron chi connectivity index (χ1n) is 11.0. The largest absolute Gasteiger partial charge is 0.456 e. The molecule has 3 aliphatic heterocycles. The van der Waals surface area contributed by atoms with Crippen LogP contribution in [0.3, 0.4) is 0 Å². The van der Waals surface area contributed by atoms with E-state index in [9.17, 15) is 9.59 Å². The molecule has 1 atom stereocenters. The Balaban J connectivity index is 1.17. The van der Waals surface area contributed by atoms with Crippen LogP contribution in [0.2, 0.25) is 0 Å². The first-order valence-corrected chi connectivity index (χ1v) is 11.0. The molecule has 32 heavy (non-hydrogen) atoms. The summed E-state index contributed by atoms with van der Waals surface area (Å²) in [4.78, 5) is 29.4. The molecule has 1 amide bonds. The highest BCUT2D eigenvalue weighted by atomic mass is 16.5. The lowest BCUT2D eigenvalue weighted by molar-refractivity contribution is -0.139. The molecule has 5 rings (SSSR count). The number of amides is 1. The summed E-state index contributed by atoms with van der Waals surface area (Å²) in [5.41, 5.74) is 1.89. The van der Waals surface area contributed by atoms with Gasteiger partial charge in [0.1, 0.15) is 12.9 Å². The van der Waals surface area contributed by atoms with Gasteiger partial charge in [-0.25, -0.2) is 4.79 Å². The van der Waals surface area contributed by atoms with E-state index in [0.717, 1.165) is 56.7 Å². The van der Waals surface area contributed by atoms with E-state index < -0.39 is 0 Å². The average molecular weight is 438 g/mol. The molecule has 2 saturated heterocycles. The van der Waals surface area contributed by atoms with Crippen LogP contribution in [0.5, 0.6) is 0 Å². The second-order valence-corrected chi connectivity index (χ2v) is 8.89. The quantitative estimate of drug-likeness (QED) is 0.616. The van der Waals surface area contributed by atoms with E-state index in [-0.39, 0.29) is 29.9 Å². The van der Waals surface area contributed by atoms with Crippen molar-refractivity contribution < 1.29 is 14.3 Å². The lowest BCUT2D eigenvalue weighted by Gasteiger charge is -2.38. The van der Waals surface area contributed by atoms with Gasteiger partial charge in [-0.1, -0.05) is 0 Å². The molecule has 0 radical (unpaired) electrons. The van der Waals surface area contributed by atoms with E-state index in [0.29, 0.717) is 11.4 Å². The van der Waals surface area contributed by atoms with Gasteiger partial charge in [-0.3, -0.25) is 4.79 Å². The van der Waals surface area contributed by atoms with Gasteiger partial charge in [-0.05, 0) is 68.8 Å². The number of hydrogen-bond acceptors (Lipinski definition) is 9. The molecule has 0 aromatic carbocycles. The summed E-state index contributed by atoms with van der Waals surface area (Å²) in [5, 5.41) is 19.5. The van der Waals surface area contributed by atoms with Crippen LogP contribution in [0.4, 0.5) is 0 Å². The van der Waals surface area contributed by atoms with Gasteiger partial charge in [0.25, 0.3) is 0 Å². The maximum Gasteiger partial charge on any atom is 0.336 e. The van der Waals surface area contributed by atoms with Crippen molar-refractivity contribution in [3.63, 3.8) is 0 Å². The summed E-state index contributed by atoms with van der Waals surface area (Å²) in [6.45, 7) is 6.63. The number of ether oxygens (including phenoxy) is 1. The molecule has 11 nitrogen and oxygen atoms in total. The molecular weight excluding hydrogens is 412 g/mol. The van der Waals surface area contributed by atoms with Gasteiger partial charge in [0.15, 0.2) is 5.82 Å². The number of cyclic esters (lactones) is 1. The van der Waals surface area contributed by atoms with Crippen molar-refractivity contribution >= 4 is 11.9 Å². The Kier molecular flexibility index (Phi) is 5.20. The fourth-order valence-electron chi connectivity index (χ4n) is 5.08. The summed E-state index contributed by atoms with van der Waals surface area (Å²) >= 11 is 0. The predicted molar refractivity (Wildman–Crippen MR) is 111 cm³/mol. The Morgan fingerprint density at radius 2 is 2.00 bits per heavy atom. The third-order valence-electron chi connectivity index (χ3n) is 6.96. The first-order chi connectivity index (χ1) is 15.5. The fraction of sp³-hybridized carbons (Fsp3) is 0.571. The van der Waals surface area contributed by atoms with Crippen molar-refractivity contribution in [1.29, 1.82) is 0 Å². The summed E-state index contributed by atoms with van der Waals surface area (Å²) < 4.78 is 6.61. The Morgan fingerprint density at radius 1 is 1.19 bits per heavy atom. The van der Waals surface area contributed by atoms with Crippen molar-refractivity contribution in [1.82, 2.24) is 40.2 Å². The lowest BCUT2D eigenvalue weighted by Crippen LogP contribution is -2.45. The molecule has 2 aromatic rings. The molecule has 11 heteroatoms. The van der Waals surface area contributed by atoms with Crippen LogP contribution in [-0.2, 0) is 20.7 Å². The van der Waals surface area contributed by atoms with Crippen molar-refractivity contribution in [3.05, 3.63) is 35.4 Å². The highest BCUT2D eigenvalue weighted by molar-refractivity contribution is 5.94. The van der Waals surface area contributed by atoms with Gasteiger partial charge in [-0.15, -0.1) is 10.2 Å². The number of hydrogen-bond donors (Lipinski definition) is 0. The fourth-order valence-corrected chi connectivity index (χ4v) is 5.08. The molecule has 1 spiro atoms. The van der Waals surface area contributed by atoms with Crippen LogP contribution >= 0.6 is 0 Å². The lowest BCUT2D eigenvalue weighted by atomic mass is 9.76. The Labute approximate surface area is 185 Å². The molecule has 3 aliphatic rings. The third-order valence-corrected chi connectivity index (χ3v) is 6.96. The number of carbonyl (C=O) groups excluding carboxylic acids is 2. The zero-order chi connectivity index (χ0) is 22.3. The molecule has 0 bridgehead atoms. The van der Waals surface area contributed by atoms with Crippen LogP contribution in [0, 0.1) is 5.41 Å². The first kappa shape index (κ1) is 20.7. The van der Waals surface area contributed by atoms with Gasteiger partial charge < -0.3 is 14.5 Å². The van der Waals surface area contributed by atoms with Gasteiger partial charge in [0.2, 0.25) is 5.91 Å². The monoisotopic (exact) mass is 438 g/mol. The van der Waals surface area contributed by atoms with E-state index in [1.807, 2.05) is 17.0 Å². The van der Waals surface area contributed by atoms with Gasteiger partial charge in [0, 0.05) is 19.0 Å². The summed E-state index contributed by atoms with van der Waals surface area (Å²) in [6.07, 6.45) is 4.76. The highest BCUT2D eigenvalue weighted by Gasteiger charge is 2.53. The van der Waals surface area contributed by atoms with Gasteiger partial charge in [0.05, 0.1) is 22.4 Å². The number of esters is 1. The SMILES string of the molecule is CC1=C(N2C(=O)C3(CCN(CCc4ccc(-n5cnnn5)nn4)CC3)CC2C)COC1=O. The standard InChI is InChI=1S/C21H26N8O3/c1-14-11-21(20(31)29(14)17-12-32-19(30)15(17)2)6-9-27(10-7-21)8-5-16-3-4-18(24-23-16)28-13-22-25-26-28/h3-4,13-14H,5-12H2,1-2H3. The Bertz CT molecular complexity index is 1040. The molecule has 2 aromatic heterocycles. The molecule has 5 heterocycles. The van der Waals surface area contributed by atoms with Crippen molar-refractivity contribution in [2.75, 3.05) is 26.2 Å². The molecule has 168 valence electrons. The maximum absolute atomic E-state index is 13.4. The van der Waals surface area contributed by atoms with Crippen LogP contribution in [0.1, 0.15) is 38.8 Å². The number of piperidine rings is 1. The van der Waals surface area contributed by atoms with Crippen LogP contribution < -0.4 is 0 Å². The number of tetrazole rings is 1. The van der Waals surface area contributed by atoms with Gasteiger partial charge >= 0.3 is 5.97 Å². The van der Waals surface area contributed by atoms with E-state index in [1.54, 1.807) is 6.92 Å². The maximum atomic E-state index is 13.4. The third kappa shape index (κ3) is 3.56. The van der Waals surface area contributed by atoms with Crippen molar-refractivity contribution in [2.45, 2.75) is 45.6 Å². The number of rotatable bonds is 5. The van der Waals surface area contributed by atoms with Crippen LogP contribution in [0.15, 0.2) is 29.7 Å². The summed E-state index contributed by atoms with van der Waals surface area (Å²) in [7, 11) is 0. The number of aromatic nitrogens is 6. The minimum atomic E-state index is -0.331. The van der Waals surface area contributed by atoms with E-state index in [2.05, 4.69) is 37.5 Å². The Hall–Kier alpha value is -3.21. The second-order valence-electron chi connectivity index (χ2n) is 8.89. The number of carbonyl (C=O) groups is 2. The average Bonchev–Trinajstić information content (AvgIpc) is 3.50. The normalized spacial score (nSPS) is 23.4. The Morgan fingerprint density at radius 3 is 2.62 bits per heavy atom. The molecule has 0 saturated carbocycles. The number of likely N-dealkylation sites (tertiary alicyclic amines) is 2. The minimum absolute atomic E-state index is 0.0856. The summed E-state index contributed by atoms with van der Waals surface area (Å²) in [6, 6.07) is 3.88. The van der Waals surface area contributed by atoms with E-state index in [4.69, 9.17) is 4.74 Å². The summed E-state index contributed by atoms with van der Waals surface area (Å²) in [5.74, 6) is 0.419. The zero-order valence-electron chi connectivity index (χ0n) is 18.3.